The van der Waals surface area contributed by atoms with Gasteiger partial charge in [0.2, 0.25) is 0 Å². The minimum absolute atomic E-state index is 0.0635. The molecule has 0 aliphatic carbocycles. The number of carbonyl (C=O) groups is 1. The molecule has 0 aliphatic rings. The topological polar surface area (TPSA) is 109 Å². The zero-order valence-corrected chi connectivity index (χ0v) is 11.5. The molecule has 0 atom stereocenters. The van der Waals surface area contributed by atoms with Crippen LogP contribution in [0.15, 0.2) is 35.6 Å². The van der Waals surface area contributed by atoms with E-state index in [2.05, 4.69) is 15.1 Å². The van der Waals surface area contributed by atoms with Gasteiger partial charge in [-0.05, 0) is 24.6 Å². The second-order valence-corrected chi connectivity index (χ2v) is 4.33. The summed E-state index contributed by atoms with van der Waals surface area (Å²) >= 11 is 0. The monoisotopic (exact) mass is 309 g/mol. The van der Waals surface area contributed by atoms with Gasteiger partial charge in [-0.3, -0.25) is 0 Å². The van der Waals surface area contributed by atoms with Crippen LogP contribution in [0, 0.1) is 6.92 Å². The van der Waals surface area contributed by atoms with Gasteiger partial charge < -0.3 is 16.3 Å². The first-order chi connectivity index (χ1) is 10.4. The van der Waals surface area contributed by atoms with Crippen molar-refractivity contribution in [3.05, 3.63) is 47.3 Å². The maximum Gasteiger partial charge on any atom is 0.385 e. The zero-order valence-electron chi connectivity index (χ0n) is 11.5. The minimum atomic E-state index is -2.84. The van der Waals surface area contributed by atoms with Gasteiger partial charge in [0.15, 0.2) is 11.5 Å². The summed E-state index contributed by atoms with van der Waals surface area (Å²) in [6.07, 6.45) is 0.955. The van der Waals surface area contributed by atoms with Crippen molar-refractivity contribution < 1.29 is 18.4 Å². The quantitative estimate of drug-likeness (QED) is 0.293. The van der Waals surface area contributed by atoms with Crippen molar-refractivity contribution in [2.75, 3.05) is 5.73 Å². The molecular weight excluding hydrogens is 296 g/mol. The molecule has 0 spiro atoms. The zero-order chi connectivity index (χ0) is 16.3. The standard InChI is InChI=1S/C13H13F2N5O2/c1-7-8(3-2-4-9(7)16)11(17)19-22-12(21)10-5-6-20(18-10)13(14)15/h2-6,13H,16H2,1H3,(H2,17,19). The number of nitrogens with zero attached hydrogens (tertiary/aromatic N) is 3. The van der Waals surface area contributed by atoms with Gasteiger partial charge in [-0.2, -0.15) is 13.9 Å². The average molecular weight is 309 g/mol. The predicted molar refractivity (Wildman–Crippen MR) is 75.2 cm³/mol. The molecule has 4 N–H and O–H groups in total. The Morgan fingerprint density at radius 2 is 2.14 bits per heavy atom. The van der Waals surface area contributed by atoms with Crippen LogP contribution < -0.4 is 11.5 Å². The van der Waals surface area contributed by atoms with Crippen molar-refractivity contribution in [3.8, 4) is 0 Å². The molecule has 9 heteroatoms. The van der Waals surface area contributed by atoms with Gasteiger partial charge >= 0.3 is 12.5 Å². The van der Waals surface area contributed by atoms with Crippen LogP contribution in [0.4, 0.5) is 14.5 Å². The summed E-state index contributed by atoms with van der Waals surface area (Å²) in [5, 5.41) is 6.83. The first-order valence-electron chi connectivity index (χ1n) is 6.13. The van der Waals surface area contributed by atoms with Gasteiger partial charge in [0.05, 0.1) is 0 Å². The highest BCUT2D eigenvalue weighted by atomic mass is 19.3. The summed E-state index contributed by atoms with van der Waals surface area (Å²) in [5.41, 5.74) is 12.8. The van der Waals surface area contributed by atoms with Crippen molar-refractivity contribution in [1.29, 1.82) is 0 Å². The second-order valence-electron chi connectivity index (χ2n) is 4.33. The van der Waals surface area contributed by atoms with Crippen LogP contribution in [0.2, 0.25) is 0 Å². The number of benzene rings is 1. The highest BCUT2D eigenvalue weighted by Crippen LogP contribution is 2.15. The van der Waals surface area contributed by atoms with E-state index in [0.717, 1.165) is 12.3 Å². The predicted octanol–water partition coefficient (Wildman–Crippen LogP) is 1.65. The molecule has 22 heavy (non-hydrogen) atoms. The molecule has 0 unspecified atom stereocenters. The summed E-state index contributed by atoms with van der Waals surface area (Å²) in [7, 11) is 0. The molecule has 2 aromatic rings. The van der Waals surface area contributed by atoms with Gasteiger partial charge in [-0.15, -0.1) is 0 Å². The molecule has 0 radical (unpaired) electrons. The number of aromatic nitrogens is 2. The van der Waals surface area contributed by atoms with Gasteiger partial charge in [0, 0.05) is 17.4 Å². The highest BCUT2D eigenvalue weighted by molar-refractivity contribution is 6.00. The third-order valence-corrected chi connectivity index (χ3v) is 2.90. The Balaban J connectivity index is 2.13. The molecule has 1 aromatic carbocycles. The Bertz CT molecular complexity index is 727. The molecule has 2 rings (SSSR count). The van der Waals surface area contributed by atoms with E-state index in [1.807, 2.05) is 0 Å². The number of anilines is 1. The molecule has 0 fully saturated rings. The number of rotatable bonds is 4. The number of oxime groups is 1. The summed E-state index contributed by atoms with van der Waals surface area (Å²) in [4.78, 5) is 16.2. The number of halogens is 2. The average Bonchev–Trinajstić information content (AvgIpc) is 2.97. The molecular formula is C13H13F2N5O2. The Hall–Kier alpha value is -2.97. The minimum Gasteiger partial charge on any atom is -0.398 e. The lowest BCUT2D eigenvalue weighted by molar-refractivity contribution is 0.0472. The molecule has 7 nitrogen and oxygen atoms in total. The number of alkyl halides is 2. The summed E-state index contributed by atoms with van der Waals surface area (Å²) < 4.78 is 25.0. The number of hydrogen-bond donors (Lipinski definition) is 2. The van der Waals surface area contributed by atoms with Crippen molar-refractivity contribution in [2.45, 2.75) is 13.5 Å². The van der Waals surface area contributed by atoms with E-state index in [4.69, 9.17) is 11.5 Å². The van der Waals surface area contributed by atoms with Gasteiger partial charge in [0.1, 0.15) is 0 Å². The Kier molecular flexibility index (Phi) is 4.35. The van der Waals surface area contributed by atoms with E-state index in [1.54, 1.807) is 25.1 Å². The van der Waals surface area contributed by atoms with Crippen LogP contribution in [0.5, 0.6) is 0 Å². The second kappa shape index (κ2) is 6.20. The van der Waals surface area contributed by atoms with Crippen LogP contribution >= 0.6 is 0 Å². The summed E-state index contributed by atoms with van der Waals surface area (Å²) in [5.74, 6) is -1.06. The maximum absolute atomic E-state index is 12.4. The number of hydrogen-bond acceptors (Lipinski definition) is 5. The maximum atomic E-state index is 12.4. The largest absolute Gasteiger partial charge is 0.398 e. The van der Waals surface area contributed by atoms with Crippen LogP contribution in [0.3, 0.4) is 0 Å². The first-order valence-corrected chi connectivity index (χ1v) is 6.13. The van der Waals surface area contributed by atoms with Crippen molar-refractivity contribution >= 4 is 17.5 Å². The van der Waals surface area contributed by atoms with E-state index in [1.165, 1.54) is 0 Å². The fraction of sp³-hybridized carbons (Fsp3) is 0.154. The molecule has 0 aliphatic heterocycles. The summed E-state index contributed by atoms with van der Waals surface area (Å²) in [6, 6.07) is 6.11. The molecule has 0 saturated heterocycles. The van der Waals surface area contributed by atoms with Crippen molar-refractivity contribution in [3.63, 3.8) is 0 Å². The van der Waals surface area contributed by atoms with Gasteiger partial charge in [0.25, 0.3) is 0 Å². The van der Waals surface area contributed by atoms with Crippen molar-refractivity contribution in [2.24, 2.45) is 10.9 Å². The number of nitrogens with two attached hydrogens (primary N) is 2. The Morgan fingerprint density at radius 3 is 2.77 bits per heavy atom. The van der Waals surface area contributed by atoms with Crippen LogP contribution in [0.1, 0.15) is 28.2 Å². The van der Waals surface area contributed by atoms with E-state index in [9.17, 15) is 13.6 Å². The molecule has 1 heterocycles. The fourth-order valence-electron chi connectivity index (χ4n) is 1.67. The number of carbonyl (C=O) groups excluding carboxylic acids is 1. The first kappa shape index (κ1) is 15.4. The lowest BCUT2D eigenvalue weighted by Gasteiger charge is -2.06. The molecule has 0 bridgehead atoms. The van der Waals surface area contributed by atoms with Crippen LogP contribution in [-0.2, 0) is 4.84 Å². The van der Waals surface area contributed by atoms with Gasteiger partial charge in [-0.1, -0.05) is 17.3 Å². The van der Waals surface area contributed by atoms with Gasteiger partial charge in [-0.25, -0.2) is 9.48 Å². The van der Waals surface area contributed by atoms with Crippen molar-refractivity contribution in [1.82, 2.24) is 9.78 Å². The molecule has 116 valence electrons. The van der Waals surface area contributed by atoms with E-state index in [-0.39, 0.29) is 11.5 Å². The van der Waals surface area contributed by atoms with E-state index >= 15 is 0 Å². The lowest BCUT2D eigenvalue weighted by atomic mass is 10.1. The van der Waals surface area contributed by atoms with Crippen LogP contribution in [0.25, 0.3) is 0 Å². The fourth-order valence-corrected chi connectivity index (χ4v) is 1.67. The SMILES string of the molecule is Cc1c(N)cccc1/C(N)=N/OC(=O)c1ccn(C(F)F)n1. The van der Waals surface area contributed by atoms with E-state index in [0.29, 0.717) is 21.5 Å². The molecule has 1 aromatic heterocycles. The highest BCUT2D eigenvalue weighted by Gasteiger charge is 2.15. The van der Waals surface area contributed by atoms with Crippen LogP contribution in [-0.4, -0.2) is 21.6 Å². The molecule has 0 amide bonds. The number of nitrogen functional groups attached to an aromatic ring is 1. The summed E-state index contributed by atoms with van der Waals surface area (Å²) in [6.45, 7) is -1.11. The lowest BCUT2D eigenvalue weighted by Crippen LogP contribution is -2.17. The Labute approximate surface area is 124 Å². The third kappa shape index (κ3) is 3.19. The molecule has 0 saturated carbocycles. The third-order valence-electron chi connectivity index (χ3n) is 2.90. The smallest absolute Gasteiger partial charge is 0.385 e. The normalized spacial score (nSPS) is 11.7. The number of amidine groups is 1. The Morgan fingerprint density at radius 1 is 1.41 bits per heavy atom. The van der Waals surface area contributed by atoms with E-state index < -0.39 is 12.5 Å².